The molecule has 10 aromatic carbocycles. The van der Waals surface area contributed by atoms with E-state index >= 15 is 0 Å². The molecule has 0 heterocycles. The fraction of sp³-hybridized carbons (Fsp3) is 0.0794. The third kappa shape index (κ3) is 5.19. The van der Waals surface area contributed by atoms with E-state index in [1.54, 1.807) is 0 Å². The average molecular weight is 816 g/mol. The Morgan fingerprint density at radius 3 is 1.67 bits per heavy atom. The van der Waals surface area contributed by atoms with E-state index < -0.39 is 5.41 Å². The average Bonchev–Trinajstić information content (AvgIpc) is 3.77. The van der Waals surface area contributed by atoms with Crippen LogP contribution in [0.3, 0.4) is 0 Å². The van der Waals surface area contributed by atoms with Crippen LogP contribution in [0.15, 0.2) is 224 Å². The molecule has 10 aromatic rings. The van der Waals surface area contributed by atoms with Crippen molar-refractivity contribution in [3.8, 4) is 44.5 Å². The molecule has 1 nitrogen and oxygen atoms in total. The third-order valence-corrected chi connectivity index (χ3v) is 14.8. The fourth-order valence-corrected chi connectivity index (χ4v) is 11.9. The Morgan fingerprint density at radius 2 is 0.922 bits per heavy atom. The van der Waals surface area contributed by atoms with Gasteiger partial charge in [0.25, 0.3) is 0 Å². The summed E-state index contributed by atoms with van der Waals surface area (Å²) in [5.74, 6) is 0. The van der Waals surface area contributed by atoms with E-state index in [1.807, 2.05) is 0 Å². The minimum Gasteiger partial charge on any atom is -0.310 e. The first kappa shape index (κ1) is 36.9. The lowest BCUT2D eigenvalue weighted by Crippen LogP contribution is -2.34. The number of hydrogen-bond acceptors (Lipinski definition) is 1. The van der Waals surface area contributed by atoms with Crippen molar-refractivity contribution in [1.29, 1.82) is 0 Å². The molecule has 0 fully saturated rings. The van der Waals surface area contributed by atoms with Crippen molar-refractivity contribution >= 4 is 27.8 Å². The van der Waals surface area contributed by atoms with Crippen LogP contribution in [0.4, 0.5) is 17.1 Å². The van der Waals surface area contributed by atoms with E-state index in [9.17, 15) is 0 Å². The van der Waals surface area contributed by atoms with Gasteiger partial charge in [0.15, 0.2) is 0 Å². The van der Waals surface area contributed by atoms with Gasteiger partial charge in [0.1, 0.15) is 0 Å². The molecule has 0 saturated carbocycles. The Balaban J connectivity index is 0.995. The first-order valence-corrected chi connectivity index (χ1v) is 22.6. The third-order valence-electron chi connectivity index (χ3n) is 14.8. The molecular formula is C63H45N. The van der Waals surface area contributed by atoms with Crippen molar-refractivity contribution < 1.29 is 0 Å². The molecule has 3 aliphatic carbocycles. The van der Waals surface area contributed by atoms with Crippen LogP contribution in [0, 0.1) is 0 Å². The summed E-state index contributed by atoms with van der Waals surface area (Å²) in [6.45, 7) is 4.71. The van der Waals surface area contributed by atoms with Gasteiger partial charge in [-0.15, -0.1) is 0 Å². The maximum Gasteiger partial charge on any atom is 0.0719 e. The van der Waals surface area contributed by atoms with E-state index in [0.29, 0.717) is 0 Å². The topological polar surface area (TPSA) is 3.24 Å². The molecule has 1 heteroatoms. The Bertz CT molecular complexity index is 3450. The summed E-state index contributed by atoms with van der Waals surface area (Å²) >= 11 is 0. The van der Waals surface area contributed by atoms with Gasteiger partial charge in [0.05, 0.1) is 11.1 Å². The van der Waals surface area contributed by atoms with Crippen LogP contribution in [-0.4, -0.2) is 0 Å². The molecule has 0 saturated heterocycles. The number of anilines is 3. The quantitative estimate of drug-likeness (QED) is 0.167. The number of nitrogens with zero attached hydrogens (tertiary/aromatic N) is 1. The van der Waals surface area contributed by atoms with Gasteiger partial charge >= 0.3 is 0 Å². The highest BCUT2D eigenvalue weighted by molar-refractivity contribution is 6.05. The van der Waals surface area contributed by atoms with E-state index in [0.717, 1.165) is 23.5 Å². The minimum absolute atomic E-state index is 0.0761. The summed E-state index contributed by atoms with van der Waals surface area (Å²) in [5, 5.41) is 2.46. The molecule has 0 atom stereocenters. The summed E-state index contributed by atoms with van der Waals surface area (Å²) in [5.41, 5.74) is 24.1. The standard InChI is InChI=1S/C63H45N/c1-62(2)55-25-13-9-23-52(55)53-40-48(35-36-56(53)62)64(60-37-32-42-16-6-8-20-49(42)61(60)43-17-4-3-5-18-43)47-33-30-41(31-34-47)44-28-29-46-38-45-19-7-12-24-54(45)63(59(46)39-44)57-26-14-10-21-50(57)51-22-11-15-27-58(51)63/h3-37,39-40H,38H2,1-2H3. The molecule has 302 valence electrons. The Kier molecular flexibility index (Phi) is 8.00. The van der Waals surface area contributed by atoms with Crippen LogP contribution in [0.1, 0.15) is 58.4 Å². The van der Waals surface area contributed by atoms with E-state index in [4.69, 9.17) is 0 Å². The molecule has 0 aliphatic heterocycles. The smallest absolute Gasteiger partial charge is 0.0719 e. The van der Waals surface area contributed by atoms with Gasteiger partial charge < -0.3 is 4.90 Å². The maximum atomic E-state index is 2.51. The lowest BCUT2D eigenvalue weighted by atomic mass is 9.61. The van der Waals surface area contributed by atoms with Crippen molar-refractivity contribution in [3.63, 3.8) is 0 Å². The van der Waals surface area contributed by atoms with Crippen LogP contribution in [0.5, 0.6) is 0 Å². The highest BCUT2D eigenvalue weighted by atomic mass is 15.1. The highest BCUT2D eigenvalue weighted by Crippen LogP contribution is 2.60. The van der Waals surface area contributed by atoms with Crippen LogP contribution < -0.4 is 4.90 Å². The van der Waals surface area contributed by atoms with Crippen molar-refractivity contribution in [2.75, 3.05) is 4.90 Å². The summed E-state index contributed by atoms with van der Waals surface area (Å²) in [6, 6.07) is 84.3. The van der Waals surface area contributed by atoms with Crippen molar-refractivity contribution in [3.05, 3.63) is 269 Å². The summed E-state index contributed by atoms with van der Waals surface area (Å²) < 4.78 is 0. The second-order valence-corrected chi connectivity index (χ2v) is 18.4. The number of rotatable bonds is 5. The molecule has 3 aliphatic rings. The highest BCUT2D eigenvalue weighted by Gasteiger charge is 2.49. The zero-order valence-electron chi connectivity index (χ0n) is 36.0. The van der Waals surface area contributed by atoms with Gasteiger partial charge in [-0.3, -0.25) is 0 Å². The first-order valence-electron chi connectivity index (χ1n) is 22.6. The van der Waals surface area contributed by atoms with Crippen molar-refractivity contribution in [1.82, 2.24) is 0 Å². The zero-order valence-corrected chi connectivity index (χ0v) is 36.0. The van der Waals surface area contributed by atoms with Gasteiger partial charge in [-0.25, -0.2) is 0 Å². The van der Waals surface area contributed by atoms with Gasteiger partial charge in [-0.05, 0) is 137 Å². The maximum absolute atomic E-state index is 2.51. The number of hydrogen-bond donors (Lipinski definition) is 0. The van der Waals surface area contributed by atoms with Crippen LogP contribution in [0.2, 0.25) is 0 Å². The second-order valence-electron chi connectivity index (χ2n) is 18.4. The monoisotopic (exact) mass is 815 g/mol. The molecule has 0 bridgehead atoms. The normalized spacial score (nSPS) is 14.3. The Morgan fingerprint density at radius 1 is 0.359 bits per heavy atom. The molecule has 0 amide bonds. The summed E-state index contributed by atoms with van der Waals surface area (Å²) in [4.78, 5) is 2.48. The van der Waals surface area contributed by atoms with Gasteiger partial charge in [-0.2, -0.15) is 0 Å². The SMILES string of the molecule is CC1(C)c2ccccc2-c2cc(N(c3ccc(-c4ccc5c(c4)C4(c6ccccc6C5)c5ccccc5-c5ccccc54)cc3)c3ccc4ccccc4c3-c3ccccc3)ccc21. The molecule has 1 spiro atoms. The predicted molar refractivity (Wildman–Crippen MR) is 267 cm³/mol. The molecule has 64 heavy (non-hydrogen) atoms. The largest absolute Gasteiger partial charge is 0.310 e. The van der Waals surface area contributed by atoms with Crippen molar-refractivity contribution in [2.24, 2.45) is 0 Å². The molecular weight excluding hydrogens is 771 g/mol. The fourth-order valence-electron chi connectivity index (χ4n) is 11.9. The van der Waals surface area contributed by atoms with Gasteiger partial charge in [0.2, 0.25) is 0 Å². The molecule has 0 unspecified atom stereocenters. The lowest BCUT2D eigenvalue weighted by Gasteiger charge is -2.40. The van der Waals surface area contributed by atoms with Gasteiger partial charge in [0, 0.05) is 22.4 Å². The Labute approximate surface area is 375 Å². The van der Waals surface area contributed by atoms with E-state index in [2.05, 4.69) is 243 Å². The van der Waals surface area contributed by atoms with Gasteiger partial charge in [-0.1, -0.05) is 202 Å². The number of benzene rings is 10. The van der Waals surface area contributed by atoms with Crippen LogP contribution in [0.25, 0.3) is 55.3 Å². The van der Waals surface area contributed by atoms with E-state index in [1.165, 1.54) is 99.8 Å². The minimum atomic E-state index is -0.394. The summed E-state index contributed by atoms with van der Waals surface area (Å²) in [7, 11) is 0. The van der Waals surface area contributed by atoms with Crippen LogP contribution >= 0.6 is 0 Å². The zero-order chi connectivity index (χ0) is 42.6. The predicted octanol–water partition coefficient (Wildman–Crippen LogP) is 16.2. The Hall–Kier alpha value is -7.74. The summed E-state index contributed by atoms with van der Waals surface area (Å²) in [6.07, 6.45) is 0.920. The molecule has 0 radical (unpaired) electrons. The molecule has 0 N–H and O–H groups in total. The van der Waals surface area contributed by atoms with E-state index in [-0.39, 0.29) is 5.41 Å². The van der Waals surface area contributed by atoms with Crippen molar-refractivity contribution in [2.45, 2.75) is 31.1 Å². The van der Waals surface area contributed by atoms with Crippen LogP contribution in [-0.2, 0) is 17.3 Å². The molecule has 0 aromatic heterocycles. The molecule has 13 rings (SSSR count). The second kappa shape index (κ2) is 13.9. The first-order chi connectivity index (χ1) is 31.5. The lowest BCUT2D eigenvalue weighted by molar-refractivity contribution is 0.660. The number of fused-ring (bicyclic) bond motifs is 13.